The van der Waals surface area contributed by atoms with E-state index in [0.717, 1.165) is 23.6 Å². The summed E-state index contributed by atoms with van der Waals surface area (Å²) in [7, 11) is 0. The molecule has 1 N–H and O–H groups in total. The topological polar surface area (TPSA) is 42.2 Å². The molecular weight excluding hydrogens is 343 g/mol. The number of furan rings is 1. The molecule has 3 aromatic rings. The van der Waals surface area contributed by atoms with Crippen LogP contribution in [0.4, 0.5) is 18.9 Å². The van der Waals surface area contributed by atoms with Crippen molar-refractivity contribution >= 4 is 34.0 Å². The summed E-state index contributed by atoms with van der Waals surface area (Å²) in [6.45, 7) is -0.235. The number of fused-ring (bicyclic) bond motifs is 1. The van der Waals surface area contributed by atoms with E-state index in [4.69, 9.17) is 16.0 Å². The van der Waals surface area contributed by atoms with Crippen LogP contribution in [0.25, 0.3) is 11.0 Å². The third-order valence-corrected chi connectivity index (χ3v) is 3.76. The summed E-state index contributed by atoms with van der Waals surface area (Å²) < 4.78 is 43.6. The molecule has 0 atom stereocenters. The van der Waals surface area contributed by atoms with Gasteiger partial charge in [0.2, 0.25) is 5.78 Å². The minimum absolute atomic E-state index is 0.0379. The van der Waals surface area contributed by atoms with Crippen LogP contribution in [-0.2, 0) is 6.18 Å². The summed E-state index contributed by atoms with van der Waals surface area (Å²) in [6.07, 6.45) is -4.48. The van der Waals surface area contributed by atoms with Gasteiger partial charge in [-0.05, 0) is 30.3 Å². The number of hydrogen-bond acceptors (Lipinski definition) is 3. The number of halogens is 4. The zero-order chi connectivity index (χ0) is 17.3. The number of para-hydroxylation sites is 1. The van der Waals surface area contributed by atoms with E-state index in [2.05, 4.69) is 5.32 Å². The summed E-state index contributed by atoms with van der Waals surface area (Å²) in [5.74, 6) is -0.258. The molecule has 0 bridgehead atoms. The Morgan fingerprint density at radius 2 is 1.88 bits per heavy atom. The highest BCUT2D eigenvalue weighted by atomic mass is 35.5. The normalized spacial score (nSPS) is 11.7. The Morgan fingerprint density at radius 1 is 1.12 bits per heavy atom. The summed E-state index contributed by atoms with van der Waals surface area (Å²) in [6, 6.07) is 11.6. The van der Waals surface area contributed by atoms with Crippen LogP contribution < -0.4 is 5.32 Å². The molecule has 124 valence electrons. The molecule has 3 nitrogen and oxygen atoms in total. The van der Waals surface area contributed by atoms with Gasteiger partial charge in [0.15, 0.2) is 5.76 Å². The first-order valence-electron chi connectivity index (χ1n) is 6.97. The number of rotatable bonds is 4. The lowest BCUT2D eigenvalue weighted by Gasteiger charge is -2.11. The van der Waals surface area contributed by atoms with E-state index in [9.17, 15) is 18.0 Å². The summed E-state index contributed by atoms with van der Waals surface area (Å²) in [4.78, 5) is 12.2. The monoisotopic (exact) mass is 353 g/mol. The fraction of sp³-hybridized carbons (Fsp3) is 0.118. The second kappa shape index (κ2) is 6.20. The maximum absolute atomic E-state index is 12.7. The predicted molar refractivity (Wildman–Crippen MR) is 85.5 cm³/mol. The van der Waals surface area contributed by atoms with E-state index in [0.29, 0.717) is 5.58 Å². The van der Waals surface area contributed by atoms with Crippen LogP contribution in [0.3, 0.4) is 0 Å². The zero-order valence-electron chi connectivity index (χ0n) is 12.2. The Morgan fingerprint density at radius 3 is 2.58 bits per heavy atom. The minimum atomic E-state index is -4.48. The van der Waals surface area contributed by atoms with Crippen LogP contribution in [0.5, 0.6) is 0 Å². The lowest BCUT2D eigenvalue weighted by molar-refractivity contribution is -0.137. The van der Waals surface area contributed by atoms with Crippen molar-refractivity contribution in [2.45, 2.75) is 6.18 Å². The lowest BCUT2D eigenvalue weighted by atomic mass is 10.2. The standard InChI is InChI=1S/C17H11ClF3NO2/c18-12-6-5-11(17(19,20)21)8-13(12)22-9-14(23)16-7-10-3-1-2-4-15(10)24-16/h1-8,22H,9H2. The SMILES string of the molecule is O=C(CNc1cc(C(F)(F)F)ccc1Cl)c1cc2ccccc2o1. The number of Topliss-reactive ketones (excluding diaryl/α,β-unsaturated/α-hetero) is 1. The van der Waals surface area contributed by atoms with Gasteiger partial charge in [0.25, 0.3) is 0 Å². The molecule has 0 unspecified atom stereocenters. The van der Waals surface area contributed by atoms with E-state index in [1.165, 1.54) is 0 Å². The number of benzene rings is 2. The van der Waals surface area contributed by atoms with Gasteiger partial charge in [-0.25, -0.2) is 0 Å². The van der Waals surface area contributed by atoms with Crippen molar-refractivity contribution in [3.05, 3.63) is 64.9 Å². The fourth-order valence-corrected chi connectivity index (χ4v) is 2.40. The summed E-state index contributed by atoms with van der Waals surface area (Å²) >= 11 is 5.88. The predicted octanol–water partition coefficient (Wildman–Crippen LogP) is 5.40. The lowest BCUT2D eigenvalue weighted by Crippen LogP contribution is -2.14. The summed E-state index contributed by atoms with van der Waals surface area (Å²) in [5, 5.41) is 3.50. The Labute approximate surface area is 140 Å². The van der Waals surface area contributed by atoms with Crippen LogP contribution in [-0.4, -0.2) is 12.3 Å². The Hall–Kier alpha value is -2.47. The van der Waals surface area contributed by atoms with Gasteiger partial charge in [-0.3, -0.25) is 4.79 Å². The van der Waals surface area contributed by atoms with Gasteiger partial charge in [0, 0.05) is 5.39 Å². The molecular formula is C17H11ClF3NO2. The van der Waals surface area contributed by atoms with E-state index in [-0.39, 0.29) is 28.8 Å². The quantitative estimate of drug-likeness (QED) is 0.638. The zero-order valence-corrected chi connectivity index (χ0v) is 12.9. The second-order valence-corrected chi connectivity index (χ2v) is 5.52. The number of ketones is 1. The van der Waals surface area contributed by atoms with Crippen molar-refractivity contribution in [1.82, 2.24) is 0 Å². The number of carbonyl (C=O) groups is 1. The van der Waals surface area contributed by atoms with Crippen molar-refractivity contribution < 1.29 is 22.4 Å². The number of anilines is 1. The van der Waals surface area contributed by atoms with Crippen LogP contribution in [0.1, 0.15) is 16.1 Å². The van der Waals surface area contributed by atoms with E-state index < -0.39 is 11.7 Å². The molecule has 1 aromatic heterocycles. The molecule has 3 rings (SSSR count). The molecule has 0 aliphatic carbocycles. The van der Waals surface area contributed by atoms with Gasteiger partial charge < -0.3 is 9.73 Å². The number of nitrogens with one attached hydrogen (secondary N) is 1. The number of alkyl halides is 3. The van der Waals surface area contributed by atoms with Gasteiger partial charge in [-0.1, -0.05) is 29.8 Å². The van der Waals surface area contributed by atoms with Crippen molar-refractivity contribution in [1.29, 1.82) is 0 Å². The first-order valence-corrected chi connectivity index (χ1v) is 7.35. The Kier molecular flexibility index (Phi) is 4.24. The van der Waals surface area contributed by atoms with Gasteiger partial charge in [-0.2, -0.15) is 13.2 Å². The molecule has 0 saturated carbocycles. The highest BCUT2D eigenvalue weighted by Crippen LogP contribution is 2.33. The van der Waals surface area contributed by atoms with E-state index in [1.807, 2.05) is 6.07 Å². The molecule has 24 heavy (non-hydrogen) atoms. The van der Waals surface area contributed by atoms with Crippen LogP contribution >= 0.6 is 11.6 Å². The molecule has 0 aliphatic heterocycles. The Bertz CT molecular complexity index is 869. The minimum Gasteiger partial charge on any atom is -0.453 e. The molecule has 0 aliphatic rings. The van der Waals surface area contributed by atoms with Gasteiger partial charge in [0.1, 0.15) is 5.58 Å². The van der Waals surface area contributed by atoms with E-state index >= 15 is 0 Å². The molecule has 2 aromatic carbocycles. The van der Waals surface area contributed by atoms with E-state index in [1.54, 1.807) is 24.3 Å². The van der Waals surface area contributed by atoms with Crippen molar-refractivity contribution in [2.24, 2.45) is 0 Å². The van der Waals surface area contributed by atoms with Crippen LogP contribution in [0.15, 0.2) is 52.9 Å². The molecule has 0 amide bonds. The first-order chi connectivity index (χ1) is 11.3. The number of hydrogen-bond donors (Lipinski definition) is 1. The molecule has 7 heteroatoms. The third-order valence-electron chi connectivity index (χ3n) is 3.43. The average molecular weight is 354 g/mol. The fourth-order valence-electron chi connectivity index (χ4n) is 2.22. The maximum atomic E-state index is 12.7. The molecule has 0 spiro atoms. The van der Waals surface area contributed by atoms with Crippen molar-refractivity contribution in [3.63, 3.8) is 0 Å². The van der Waals surface area contributed by atoms with Gasteiger partial charge in [-0.15, -0.1) is 0 Å². The van der Waals surface area contributed by atoms with Gasteiger partial charge >= 0.3 is 6.18 Å². The Balaban J connectivity index is 1.76. The average Bonchev–Trinajstić information content (AvgIpc) is 2.96. The maximum Gasteiger partial charge on any atom is 0.416 e. The van der Waals surface area contributed by atoms with Crippen LogP contribution in [0, 0.1) is 0 Å². The van der Waals surface area contributed by atoms with Crippen LogP contribution in [0.2, 0.25) is 5.02 Å². The van der Waals surface area contributed by atoms with Gasteiger partial charge in [0.05, 0.1) is 22.8 Å². The molecule has 0 fully saturated rings. The largest absolute Gasteiger partial charge is 0.453 e. The van der Waals surface area contributed by atoms with Crippen molar-refractivity contribution in [2.75, 3.05) is 11.9 Å². The molecule has 1 heterocycles. The van der Waals surface area contributed by atoms with Crippen molar-refractivity contribution in [3.8, 4) is 0 Å². The third kappa shape index (κ3) is 3.38. The summed E-state index contributed by atoms with van der Waals surface area (Å²) in [5.41, 5.74) is -0.237. The molecule has 0 radical (unpaired) electrons. The highest BCUT2D eigenvalue weighted by Gasteiger charge is 2.31. The smallest absolute Gasteiger partial charge is 0.416 e. The first kappa shape index (κ1) is 16.4. The number of carbonyl (C=O) groups excluding carboxylic acids is 1. The molecule has 0 saturated heterocycles. The highest BCUT2D eigenvalue weighted by molar-refractivity contribution is 6.33. The second-order valence-electron chi connectivity index (χ2n) is 5.12.